The van der Waals surface area contributed by atoms with Crippen LogP contribution in [0, 0.1) is 0 Å². The highest BCUT2D eigenvalue weighted by molar-refractivity contribution is 6.06. The molecule has 0 aliphatic carbocycles. The summed E-state index contributed by atoms with van der Waals surface area (Å²) in [4.78, 5) is 45.3. The second-order valence-electron chi connectivity index (χ2n) is 7.89. The van der Waals surface area contributed by atoms with Crippen LogP contribution in [0.25, 0.3) is 22.0 Å². The van der Waals surface area contributed by atoms with Crippen molar-refractivity contribution in [3.8, 4) is 11.1 Å². The molecule has 1 heterocycles. The van der Waals surface area contributed by atoms with E-state index in [1.54, 1.807) is 30.3 Å². The number of fused-ring (bicyclic) bond motifs is 1. The molecule has 31 heavy (non-hydrogen) atoms. The number of carbonyl (C=O) groups excluding carboxylic acids is 3. The molecule has 3 aromatic rings. The van der Waals surface area contributed by atoms with Crippen molar-refractivity contribution in [3.63, 3.8) is 0 Å². The zero-order valence-electron chi connectivity index (χ0n) is 17.9. The van der Waals surface area contributed by atoms with E-state index in [0.717, 1.165) is 16.2 Å². The van der Waals surface area contributed by atoms with Crippen LogP contribution in [0.4, 0.5) is 0 Å². The van der Waals surface area contributed by atoms with Crippen molar-refractivity contribution in [1.82, 2.24) is 10.0 Å². The number of carbonyl (C=O) groups is 3. The minimum atomic E-state index is -0.581. The van der Waals surface area contributed by atoms with Gasteiger partial charge in [0.05, 0.1) is 23.8 Å². The Morgan fingerprint density at radius 1 is 1.06 bits per heavy atom. The van der Waals surface area contributed by atoms with Crippen molar-refractivity contribution < 1.29 is 24.0 Å². The van der Waals surface area contributed by atoms with Crippen LogP contribution in [0.1, 0.15) is 41.5 Å². The molecule has 0 aliphatic rings. The fourth-order valence-corrected chi connectivity index (χ4v) is 3.12. The summed E-state index contributed by atoms with van der Waals surface area (Å²) in [6.45, 7) is 5.29. The van der Waals surface area contributed by atoms with Gasteiger partial charge >= 0.3 is 5.97 Å². The van der Waals surface area contributed by atoms with Crippen molar-refractivity contribution in [3.05, 3.63) is 65.9 Å². The lowest BCUT2D eigenvalue weighted by molar-refractivity contribution is -0.124. The summed E-state index contributed by atoms with van der Waals surface area (Å²) in [7, 11) is 1.33. The number of nitrogens with zero attached hydrogens (tertiary/aromatic N) is 2. The number of ether oxygens (including phenoxy) is 1. The van der Waals surface area contributed by atoms with Gasteiger partial charge in [-0.25, -0.2) is 9.86 Å². The van der Waals surface area contributed by atoms with Crippen LogP contribution >= 0.6 is 0 Å². The van der Waals surface area contributed by atoms with Gasteiger partial charge in [0.2, 0.25) is 0 Å². The number of hydrogen-bond donors (Lipinski definition) is 0. The van der Waals surface area contributed by atoms with Gasteiger partial charge in [0.15, 0.2) is 0 Å². The molecule has 0 bridgehead atoms. The summed E-state index contributed by atoms with van der Waals surface area (Å²) in [6, 6.07) is 14.2. The normalized spacial score (nSPS) is 11.2. The fraction of sp³-hybridized carbons (Fsp3) is 0.250. The minimum absolute atomic E-state index is 0.172. The van der Waals surface area contributed by atoms with Gasteiger partial charge in [-0.05, 0) is 56.2 Å². The largest absolute Gasteiger partial charge is 0.456 e. The Morgan fingerprint density at radius 3 is 2.48 bits per heavy atom. The quantitative estimate of drug-likeness (QED) is 0.340. The van der Waals surface area contributed by atoms with Crippen molar-refractivity contribution in [1.29, 1.82) is 0 Å². The van der Waals surface area contributed by atoms with Gasteiger partial charge in [0.1, 0.15) is 18.4 Å². The molecule has 0 unspecified atom stereocenters. The second kappa shape index (κ2) is 9.06. The first-order valence-electron chi connectivity index (χ1n) is 9.75. The first-order chi connectivity index (χ1) is 14.7. The molecule has 0 aliphatic heterocycles. The molecule has 3 rings (SSSR count). The lowest BCUT2D eigenvalue weighted by Gasteiger charge is -2.19. The monoisotopic (exact) mass is 420 g/mol. The predicted octanol–water partition coefficient (Wildman–Crippen LogP) is 4.06. The van der Waals surface area contributed by atoms with Gasteiger partial charge in [-0.2, -0.15) is 0 Å². The van der Waals surface area contributed by atoms with Gasteiger partial charge in [0, 0.05) is 11.6 Å². The Labute approximate surface area is 180 Å². The van der Waals surface area contributed by atoms with E-state index in [1.807, 2.05) is 39.0 Å². The molecule has 0 saturated heterocycles. The van der Waals surface area contributed by atoms with Gasteiger partial charge in [0.25, 0.3) is 5.91 Å². The Hall–Kier alpha value is -3.58. The maximum atomic E-state index is 12.7. The standard InChI is InChI=1S/C24H24N2O5/c1-24(2,3)31-23(29)18-7-5-6-16(14-18)17-8-9-19-20(10-11-25-21(19)15-17)22(28)26(30-4)12-13-27/h5-11,13-15H,12H2,1-4H3. The van der Waals surface area contributed by atoms with E-state index >= 15 is 0 Å². The lowest BCUT2D eigenvalue weighted by Crippen LogP contribution is -2.31. The van der Waals surface area contributed by atoms with Crippen LogP contribution in [0.3, 0.4) is 0 Å². The summed E-state index contributed by atoms with van der Waals surface area (Å²) in [5, 5.41) is 1.62. The molecular weight excluding hydrogens is 396 g/mol. The average Bonchev–Trinajstić information content (AvgIpc) is 2.75. The van der Waals surface area contributed by atoms with Crippen LogP contribution in [0.5, 0.6) is 0 Å². The molecule has 2 aromatic carbocycles. The third-order valence-electron chi connectivity index (χ3n) is 4.49. The molecule has 0 fully saturated rings. The number of aromatic nitrogens is 1. The zero-order chi connectivity index (χ0) is 22.6. The van der Waals surface area contributed by atoms with E-state index in [1.165, 1.54) is 13.3 Å². The predicted molar refractivity (Wildman–Crippen MR) is 116 cm³/mol. The van der Waals surface area contributed by atoms with Gasteiger partial charge in [-0.3, -0.25) is 14.6 Å². The van der Waals surface area contributed by atoms with E-state index in [0.29, 0.717) is 28.3 Å². The first-order valence-corrected chi connectivity index (χ1v) is 9.75. The van der Waals surface area contributed by atoms with Crippen LogP contribution in [0.15, 0.2) is 54.7 Å². The Morgan fingerprint density at radius 2 is 1.81 bits per heavy atom. The summed E-state index contributed by atoms with van der Waals surface area (Å²) in [5.74, 6) is -0.822. The van der Waals surface area contributed by atoms with Crippen molar-refractivity contribution in [2.24, 2.45) is 0 Å². The highest BCUT2D eigenvalue weighted by atomic mass is 16.7. The van der Waals surface area contributed by atoms with Crippen LogP contribution < -0.4 is 0 Å². The highest BCUT2D eigenvalue weighted by Crippen LogP contribution is 2.27. The maximum absolute atomic E-state index is 12.7. The third kappa shape index (κ3) is 5.13. The van der Waals surface area contributed by atoms with Gasteiger partial charge in [-0.15, -0.1) is 0 Å². The lowest BCUT2D eigenvalue weighted by atomic mass is 9.99. The van der Waals surface area contributed by atoms with Crippen LogP contribution in [-0.2, 0) is 14.4 Å². The Bertz CT molecular complexity index is 1130. The molecule has 0 saturated carbocycles. The summed E-state index contributed by atoms with van der Waals surface area (Å²) >= 11 is 0. The third-order valence-corrected chi connectivity index (χ3v) is 4.49. The number of hydroxylamine groups is 2. The number of hydrogen-bond acceptors (Lipinski definition) is 6. The zero-order valence-corrected chi connectivity index (χ0v) is 17.9. The van der Waals surface area contributed by atoms with E-state index in [9.17, 15) is 14.4 Å². The average molecular weight is 420 g/mol. The number of amides is 1. The van der Waals surface area contributed by atoms with Crippen molar-refractivity contribution in [2.75, 3.05) is 13.7 Å². The topological polar surface area (TPSA) is 85.8 Å². The van der Waals surface area contributed by atoms with E-state index in [-0.39, 0.29) is 6.54 Å². The van der Waals surface area contributed by atoms with E-state index < -0.39 is 17.5 Å². The van der Waals surface area contributed by atoms with E-state index in [4.69, 9.17) is 9.57 Å². The van der Waals surface area contributed by atoms with Gasteiger partial charge in [-0.1, -0.05) is 24.3 Å². The number of esters is 1. The molecule has 0 atom stereocenters. The molecule has 0 spiro atoms. The summed E-state index contributed by atoms with van der Waals surface area (Å²) < 4.78 is 5.45. The first kappa shape index (κ1) is 22.1. The fourth-order valence-electron chi connectivity index (χ4n) is 3.12. The number of benzene rings is 2. The SMILES string of the molecule is CON(CC=O)C(=O)c1ccnc2cc(-c3cccc(C(=O)OC(C)(C)C)c3)ccc12. The summed E-state index contributed by atoms with van der Waals surface area (Å²) in [6.07, 6.45) is 2.13. The molecule has 1 amide bonds. The Kier molecular flexibility index (Phi) is 6.46. The van der Waals surface area contributed by atoms with Crippen molar-refractivity contribution in [2.45, 2.75) is 26.4 Å². The molecule has 0 radical (unpaired) electrons. The molecular formula is C24H24N2O5. The van der Waals surface area contributed by atoms with Crippen LogP contribution in [-0.4, -0.2) is 47.5 Å². The maximum Gasteiger partial charge on any atom is 0.338 e. The number of rotatable bonds is 6. The molecule has 7 heteroatoms. The highest BCUT2D eigenvalue weighted by Gasteiger charge is 2.20. The second-order valence-corrected chi connectivity index (χ2v) is 7.89. The Balaban J connectivity index is 1.97. The van der Waals surface area contributed by atoms with E-state index in [2.05, 4.69) is 4.98 Å². The number of pyridine rings is 1. The minimum Gasteiger partial charge on any atom is -0.456 e. The molecule has 7 nitrogen and oxygen atoms in total. The van der Waals surface area contributed by atoms with Crippen LogP contribution in [0.2, 0.25) is 0 Å². The van der Waals surface area contributed by atoms with Crippen molar-refractivity contribution >= 4 is 29.1 Å². The smallest absolute Gasteiger partial charge is 0.338 e. The number of aldehydes is 1. The molecule has 1 aromatic heterocycles. The summed E-state index contributed by atoms with van der Waals surface area (Å²) in [5.41, 5.74) is 2.52. The molecule has 0 N–H and O–H groups in total. The molecule has 160 valence electrons. The van der Waals surface area contributed by atoms with Gasteiger partial charge < -0.3 is 9.53 Å².